The van der Waals surface area contributed by atoms with Crippen LogP contribution in [0.15, 0.2) is 51.4 Å². The number of benzene rings is 2. The molecule has 0 aliphatic heterocycles. The Hall–Kier alpha value is -0.910. The van der Waals surface area contributed by atoms with Crippen LogP contribution in [-0.2, 0) is 0 Å². The molecule has 0 spiro atoms. The lowest BCUT2D eigenvalue weighted by molar-refractivity contribution is 0.170. The van der Waals surface area contributed by atoms with Crippen molar-refractivity contribution in [3.05, 3.63) is 62.8 Å². The van der Waals surface area contributed by atoms with Crippen molar-refractivity contribution in [2.24, 2.45) is 5.73 Å². The van der Waals surface area contributed by atoms with Crippen LogP contribution >= 0.6 is 31.9 Å². The van der Waals surface area contributed by atoms with Crippen molar-refractivity contribution in [1.29, 1.82) is 0 Å². The molecule has 5 heteroatoms. The van der Waals surface area contributed by atoms with Crippen LogP contribution in [0.2, 0.25) is 0 Å². The lowest BCUT2D eigenvalue weighted by atomic mass is 10.0. The fourth-order valence-electron chi connectivity index (χ4n) is 1.98. The van der Waals surface area contributed by atoms with E-state index in [9.17, 15) is 4.39 Å². The van der Waals surface area contributed by atoms with E-state index < -0.39 is 0 Å². The highest BCUT2D eigenvalue weighted by Gasteiger charge is 2.21. The molecule has 0 radical (unpaired) electrons. The minimum absolute atomic E-state index is 0.175. The summed E-state index contributed by atoms with van der Waals surface area (Å²) in [7, 11) is 0. The van der Waals surface area contributed by atoms with Gasteiger partial charge >= 0.3 is 0 Å². The molecule has 2 rings (SSSR count). The van der Waals surface area contributed by atoms with E-state index in [1.807, 2.05) is 25.1 Å². The summed E-state index contributed by atoms with van der Waals surface area (Å²) >= 11 is 6.88. The van der Waals surface area contributed by atoms with Crippen molar-refractivity contribution < 1.29 is 9.13 Å². The highest BCUT2D eigenvalue weighted by Crippen LogP contribution is 2.33. The highest BCUT2D eigenvalue weighted by molar-refractivity contribution is 9.11. The second-order valence-electron chi connectivity index (χ2n) is 4.74. The largest absolute Gasteiger partial charge is 0.483 e. The van der Waals surface area contributed by atoms with Crippen LogP contribution in [0, 0.1) is 5.82 Å². The normalized spacial score (nSPS) is 13.8. The number of hydrogen-bond donors (Lipinski definition) is 1. The summed E-state index contributed by atoms with van der Waals surface area (Å²) < 4.78 is 20.9. The zero-order chi connectivity index (χ0) is 15.4. The SMILES string of the molecule is CCC(N)C(Oc1ccc(Br)cc1Br)c1ccc(F)cc1. The molecule has 0 bridgehead atoms. The Morgan fingerprint density at radius 2 is 1.81 bits per heavy atom. The van der Waals surface area contributed by atoms with Gasteiger partial charge in [-0.25, -0.2) is 4.39 Å². The van der Waals surface area contributed by atoms with Gasteiger partial charge in [0.25, 0.3) is 0 Å². The molecule has 2 aromatic rings. The summed E-state index contributed by atoms with van der Waals surface area (Å²) in [6, 6.07) is 11.8. The number of halogens is 3. The Morgan fingerprint density at radius 3 is 2.38 bits per heavy atom. The molecule has 2 nitrogen and oxygen atoms in total. The number of hydrogen-bond acceptors (Lipinski definition) is 2. The molecule has 21 heavy (non-hydrogen) atoms. The minimum atomic E-state index is -0.326. The van der Waals surface area contributed by atoms with Gasteiger partial charge in [-0.3, -0.25) is 0 Å². The van der Waals surface area contributed by atoms with Crippen molar-refractivity contribution in [2.45, 2.75) is 25.5 Å². The zero-order valence-corrected chi connectivity index (χ0v) is 14.7. The van der Waals surface area contributed by atoms with Gasteiger partial charge in [0.05, 0.1) is 4.47 Å². The van der Waals surface area contributed by atoms with E-state index in [0.717, 1.165) is 20.9 Å². The molecule has 112 valence electrons. The van der Waals surface area contributed by atoms with Crippen LogP contribution in [0.25, 0.3) is 0 Å². The van der Waals surface area contributed by atoms with E-state index >= 15 is 0 Å². The fraction of sp³-hybridized carbons (Fsp3) is 0.250. The molecule has 0 aliphatic carbocycles. The highest BCUT2D eigenvalue weighted by atomic mass is 79.9. The average Bonchev–Trinajstić information content (AvgIpc) is 2.47. The molecule has 0 saturated carbocycles. The second kappa shape index (κ2) is 7.38. The van der Waals surface area contributed by atoms with Gasteiger partial charge in [-0.2, -0.15) is 0 Å². The van der Waals surface area contributed by atoms with Crippen LogP contribution in [0.4, 0.5) is 4.39 Å². The van der Waals surface area contributed by atoms with E-state index in [4.69, 9.17) is 10.5 Å². The quantitative estimate of drug-likeness (QED) is 0.726. The van der Waals surface area contributed by atoms with Gasteiger partial charge in [0, 0.05) is 10.5 Å². The summed E-state index contributed by atoms with van der Waals surface area (Å²) in [5, 5.41) is 0. The first-order chi connectivity index (χ1) is 10.0. The Bertz CT molecular complexity index is 604. The molecule has 0 aliphatic rings. The van der Waals surface area contributed by atoms with Crippen molar-refractivity contribution in [2.75, 3.05) is 0 Å². The molecule has 0 aromatic heterocycles. The first-order valence-electron chi connectivity index (χ1n) is 6.64. The molecule has 2 aromatic carbocycles. The molecule has 0 saturated heterocycles. The van der Waals surface area contributed by atoms with Gasteiger partial charge in [0.15, 0.2) is 0 Å². The first-order valence-corrected chi connectivity index (χ1v) is 8.22. The van der Waals surface area contributed by atoms with E-state index in [0.29, 0.717) is 5.75 Å². The second-order valence-corrected chi connectivity index (χ2v) is 6.51. The third kappa shape index (κ3) is 4.28. The zero-order valence-electron chi connectivity index (χ0n) is 11.5. The summed E-state index contributed by atoms with van der Waals surface area (Å²) in [5.74, 6) is 0.434. The molecule has 2 N–H and O–H groups in total. The average molecular weight is 417 g/mol. The van der Waals surface area contributed by atoms with Gasteiger partial charge in [-0.1, -0.05) is 35.0 Å². The van der Waals surface area contributed by atoms with Gasteiger partial charge < -0.3 is 10.5 Å². The van der Waals surface area contributed by atoms with E-state index in [2.05, 4.69) is 31.9 Å². The monoisotopic (exact) mass is 415 g/mol. The first kappa shape index (κ1) is 16.5. The fourth-order valence-corrected chi connectivity index (χ4v) is 3.12. The maximum atomic E-state index is 13.1. The number of nitrogens with two attached hydrogens (primary N) is 1. The Morgan fingerprint density at radius 1 is 1.14 bits per heavy atom. The molecular formula is C16H16Br2FNO. The van der Waals surface area contributed by atoms with Crippen molar-refractivity contribution in [3.8, 4) is 5.75 Å². The van der Waals surface area contributed by atoms with Gasteiger partial charge in [0.2, 0.25) is 0 Å². The van der Waals surface area contributed by atoms with Crippen LogP contribution in [0.5, 0.6) is 5.75 Å². The van der Waals surface area contributed by atoms with E-state index in [-0.39, 0.29) is 18.0 Å². The molecule has 0 heterocycles. The molecule has 2 atom stereocenters. The Balaban J connectivity index is 2.30. The minimum Gasteiger partial charge on any atom is -0.483 e. The van der Waals surface area contributed by atoms with Crippen LogP contribution < -0.4 is 10.5 Å². The standard InChI is InChI=1S/C16H16Br2FNO/c1-2-14(20)16(10-3-6-12(19)7-4-10)21-15-8-5-11(17)9-13(15)18/h3-9,14,16H,2,20H2,1H3. The third-order valence-electron chi connectivity index (χ3n) is 3.21. The maximum absolute atomic E-state index is 13.1. The third-order valence-corrected chi connectivity index (χ3v) is 4.32. The number of rotatable bonds is 5. The van der Waals surface area contributed by atoms with Crippen LogP contribution in [-0.4, -0.2) is 6.04 Å². The van der Waals surface area contributed by atoms with E-state index in [1.165, 1.54) is 12.1 Å². The van der Waals surface area contributed by atoms with Crippen LogP contribution in [0.1, 0.15) is 25.0 Å². The summed E-state index contributed by atoms with van der Waals surface area (Å²) in [4.78, 5) is 0. The predicted molar refractivity (Wildman–Crippen MR) is 89.9 cm³/mol. The van der Waals surface area contributed by atoms with Crippen molar-refractivity contribution >= 4 is 31.9 Å². The Labute approximate surface area is 140 Å². The van der Waals surface area contributed by atoms with Crippen LogP contribution in [0.3, 0.4) is 0 Å². The topological polar surface area (TPSA) is 35.2 Å². The smallest absolute Gasteiger partial charge is 0.139 e. The summed E-state index contributed by atoms with van der Waals surface area (Å²) in [6.45, 7) is 2.00. The maximum Gasteiger partial charge on any atom is 0.139 e. The summed E-state index contributed by atoms with van der Waals surface area (Å²) in [5.41, 5.74) is 7.03. The molecule has 0 fully saturated rings. The Kier molecular flexibility index (Phi) is 5.79. The van der Waals surface area contributed by atoms with E-state index in [1.54, 1.807) is 12.1 Å². The van der Waals surface area contributed by atoms with Crippen molar-refractivity contribution in [1.82, 2.24) is 0 Å². The molecule has 0 amide bonds. The van der Waals surface area contributed by atoms with Gasteiger partial charge in [0.1, 0.15) is 17.7 Å². The lowest BCUT2D eigenvalue weighted by Gasteiger charge is -2.25. The van der Waals surface area contributed by atoms with Crippen molar-refractivity contribution in [3.63, 3.8) is 0 Å². The number of ether oxygens (including phenoxy) is 1. The lowest BCUT2D eigenvalue weighted by Crippen LogP contribution is -2.31. The predicted octanol–water partition coefficient (Wildman–Crippen LogP) is 5.21. The molecular weight excluding hydrogens is 401 g/mol. The van der Waals surface area contributed by atoms with Gasteiger partial charge in [-0.15, -0.1) is 0 Å². The molecule has 2 unspecified atom stereocenters. The van der Waals surface area contributed by atoms with Gasteiger partial charge in [-0.05, 0) is 58.2 Å². The summed E-state index contributed by atoms with van der Waals surface area (Å²) in [6.07, 6.45) is 0.434.